The molecule has 0 aliphatic rings. The topological polar surface area (TPSA) is 45.0 Å². The number of benzene rings is 2. The lowest BCUT2D eigenvalue weighted by atomic mass is 10.1. The number of phenolic OH excluding ortho intramolecular Hbond substituents is 1. The Morgan fingerprint density at radius 2 is 1.89 bits per heavy atom. The van der Waals surface area contributed by atoms with Crippen molar-refractivity contribution in [3.05, 3.63) is 36.4 Å². The van der Waals surface area contributed by atoms with Gasteiger partial charge in [0.1, 0.15) is 11.4 Å². The maximum absolute atomic E-state index is 9.86. The molecule has 3 heteroatoms. The lowest BCUT2D eigenvalue weighted by Gasteiger charge is -2.03. The van der Waals surface area contributed by atoms with Crippen LogP contribution in [0.4, 0.5) is 5.69 Å². The first-order valence-corrected chi connectivity index (χ1v) is 6.41. The number of phenols is 1. The highest BCUT2D eigenvalue weighted by Crippen LogP contribution is 2.34. The van der Waals surface area contributed by atoms with Gasteiger partial charge in [-0.15, -0.1) is 0 Å². The van der Waals surface area contributed by atoms with E-state index < -0.39 is 0 Å². The zero-order chi connectivity index (χ0) is 12.8. The molecule has 94 valence electrons. The van der Waals surface area contributed by atoms with E-state index in [1.165, 1.54) is 12.8 Å². The summed E-state index contributed by atoms with van der Waals surface area (Å²) in [4.78, 5) is 0. The second kappa shape index (κ2) is 6.15. The fourth-order valence-corrected chi connectivity index (χ4v) is 1.90. The highest BCUT2D eigenvalue weighted by atomic mass is 16.3. The van der Waals surface area contributed by atoms with Gasteiger partial charge in [-0.1, -0.05) is 50.1 Å². The van der Waals surface area contributed by atoms with Crippen molar-refractivity contribution in [1.29, 1.82) is 0 Å². The number of nitrogens with zero attached hydrogens (tertiary/aromatic N) is 2. The van der Waals surface area contributed by atoms with E-state index in [4.69, 9.17) is 0 Å². The van der Waals surface area contributed by atoms with E-state index >= 15 is 0 Å². The molecule has 0 heterocycles. The maximum atomic E-state index is 9.86. The largest absolute Gasteiger partial charge is 0.506 e. The van der Waals surface area contributed by atoms with Crippen LogP contribution in [0.2, 0.25) is 0 Å². The van der Waals surface area contributed by atoms with E-state index in [-0.39, 0.29) is 5.75 Å². The number of azo groups is 1. The van der Waals surface area contributed by atoms with Gasteiger partial charge in [0, 0.05) is 5.39 Å². The summed E-state index contributed by atoms with van der Waals surface area (Å²) >= 11 is 0. The molecule has 2 aromatic carbocycles. The quantitative estimate of drug-likeness (QED) is 0.593. The molecular weight excluding hydrogens is 224 g/mol. The monoisotopic (exact) mass is 242 g/mol. The second-order valence-corrected chi connectivity index (χ2v) is 4.33. The van der Waals surface area contributed by atoms with Gasteiger partial charge in [-0.2, -0.15) is 10.2 Å². The van der Waals surface area contributed by atoms with E-state index in [1.807, 2.05) is 30.3 Å². The smallest absolute Gasteiger partial charge is 0.143 e. The molecule has 0 saturated carbocycles. The van der Waals surface area contributed by atoms with Crippen molar-refractivity contribution in [2.24, 2.45) is 10.2 Å². The third kappa shape index (κ3) is 2.86. The van der Waals surface area contributed by atoms with Crippen molar-refractivity contribution in [2.75, 3.05) is 6.54 Å². The Bertz CT molecular complexity index is 549. The van der Waals surface area contributed by atoms with Crippen LogP contribution < -0.4 is 0 Å². The van der Waals surface area contributed by atoms with Crippen LogP contribution in [0.1, 0.15) is 26.2 Å². The van der Waals surface area contributed by atoms with Crippen LogP contribution in [0.3, 0.4) is 0 Å². The summed E-state index contributed by atoms with van der Waals surface area (Å²) in [6.07, 6.45) is 3.39. The van der Waals surface area contributed by atoms with E-state index in [2.05, 4.69) is 17.2 Å². The third-order valence-electron chi connectivity index (χ3n) is 2.91. The van der Waals surface area contributed by atoms with Gasteiger partial charge in [-0.05, 0) is 17.9 Å². The molecule has 0 spiro atoms. The molecule has 0 saturated heterocycles. The summed E-state index contributed by atoms with van der Waals surface area (Å²) in [6, 6.07) is 11.4. The van der Waals surface area contributed by atoms with Crippen molar-refractivity contribution in [3.63, 3.8) is 0 Å². The van der Waals surface area contributed by atoms with Gasteiger partial charge >= 0.3 is 0 Å². The zero-order valence-electron chi connectivity index (χ0n) is 10.6. The molecule has 0 aliphatic carbocycles. The second-order valence-electron chi connectivity index (χ2n) is 4.33. The zero-order valence-corrected chi connectivity index (χ0v) is 10.6. The number of fused-ring (bicyclic) bond motifs is 1. The number of unbranched alkanes of at least 4 members (excludes halogenated alkanes) is 2. The molecule has 0 unspecified atom stereocenters. The molecule has 0 bridgehead atoms. The highest BCUT2D eigenvalue weighted by molar-refractivity contribution is 5.95. The molecule has 1 N–H and O–H groups in total. The van der Waals surface area contributed by atoms with Gasteiger partial charge in [0.25, 0.3) is 0 Å². The summed E-state index contributed by atoms with van der Waals surface area (Å²) < 4.78 is 0. The van der Waals surface area contributed by atoms with E-state index in [0.29, 0.717) is 5.69 Å². The normalized spacial score (nSPS) is 11.4. The third-order valence-corrected chi connectivity index (χ3v) is 2.91. The van der Waals surface area contributed by atoms with Crippen molar-refractivity contribution >= 4 is 16.5 Å². The van der Waals surface area contributed by atoms with Crippen molar-refractivity contribution < 1.29 is 5.11 Å². The molecule has 0 aliphatic heterocycles. The minimum atomic E-state index is 0.188. The van der Waals surface area contributed by atoms with E-state index in [1.54, 1.807) is 6.07 Å². The summed E-state index contributed by atoms with van der Waals surface area (Å²) in [5.74, 6) is 0.188. The van der Waals surface area contributed by atoms with Crippen molar-refractivity contribution in [3.8, 4) is 5.75 Å². The van der Waals surface area contributed by atoms with Crippen LogP contribution in [0, 0.1) is 0 Å². The van der Waals surface area contributed by atoms with Crippen LogP contribution in [0.25, 0.3) is 10.8 Å². The molecule has 0 atom stereocenters. The molecule has 3 nitrogen and oxygen atoms in total. The Labute approximate surface area is 107 Å². The maximum Gasteiger partial charge on any atom is 0.143 e. The first-order valence-electron chi connectivity index (χ1n) is 6.41. The molecule has 0 fully saturated rings. The van der Waals surface area contributed by atoms with Crippen LogP contribution in [0.15, 0.2) is 46.6 Å². The van der Waals surface area contributed by atoms with Crippen LogP contribution in [-0.4, -0.2) is 11.7 Å². The van der Waals surface area contributed by atoms with Gasteiger partial charge in [0.15, 0.2) is 0 Å². The van der Waals surface area contributed by atoms with Crippen LogP contribution in [0.5, 0.6) is 5.75 Å². The van der Waals surface area contributed by atoms with Crippen LogP contribution >= 0.6 is 0 Å². The van der Waals surface area contributed by atoms with Gasteiger partial charge in [0.2, 0.25) is 0 Å². The Kier molecular flexibility index (Phi) is 4.29. The summed E-state index contributed by atoms with van der Waals surface area (Å²) in [7, 11) is 0. The Hall–Kier alpha value is -1.90. The fraction of sp³-hybridized carbons (Fsp3) is 0.333. The number of aromatic hydroxyl groups is 1. The molecule has 0 aromatic heterocycles. The first-order chi connectivity index (χ1) is 8.83. The Balaban J connectivity index is 2.23. The van der Waals surface area contributed by atoms with Crippen molar-refractivity contribution in [2.45, 2.75) is 26.2 Å². The molecule has 2 rings (SSSR count). The number of hydrogen-bond acceptors (Lipinski definition) is 3. The molecule has 18 heavy (non-hydrogen) atoms. The predicted molar refractivity (Wildman–Crippen MR) is 74.5 cm³/mol. The standard InChI is InChI=1S/C15H18N2O/c1-2-3-6-11-16-17-15-13-8-5-4-7-12(13)9-10-14(15)18/h4-5,7-10,18H,2-3,6,11H2,1H3. The summed E-state index contributed by atoms with van der Waals surface area (Å²) in [5.41, 5.74) is 0.574. The Morgan fingerprint density at radius 3 is 2.72 bits per heavy atom. The van der Waals surface area contributed by atoms with Gasteiger partial charge in [-0.3, -0.25) is 0 Å². The lowest BCUT2D eigenvalue weighted by Crippen LogP contribution is -1.79. The SMILES string of the molecule is CCCCCN=Nc1c(O)ccc2ccccc12. The summed E-state index contributed by atoms with van der Waals surface area (Å²) in [5, 5.41) is 20.2. The lowest BCUT2D eigenvalue weighted by molar-refractivity contribution is 0.477. The number of hydrogen-bond donors (Lipinski definition) is 1. The molecule has 2 aromatic rings. The Morgan fingerprint density at radius 1 is 1.06 bits per heavy atom. The predicted octanol–water partition coefficient (Wildman–Crippen LogP) is 4.82. The van der Waals surface area contributed by atoms with Crippen molar-refractivity contribution in [1.82, 2.24) is 0 Å². The fourth-order valence-electron chi connectivity index (χ4n) is 1.90. The van der Waals surface area contributed by atoms with E-state index in [0.717, 1.165) is 23.7 Å². The van der Waals surface area contributed by atoms with Gasteiger partial charge in [0.05, 0.1) is 6.54 Å². The molecule has 0 radical (unpaired) electrons. The first kappa shape index (κ1) is 12.6. The van der Waals surface area contributed by atoms with Gasteiger partial charge < -0.3 is 5.11 Å². The average Bonchev–Trinajstić information content (AvgIpc) is 2.41. The molecular formula is C15H18N2O. The highest BCUT2D eigenvalue weighted by Gasteiger charge is 2.05. The number of rotatable bonds is 5. The van der Waals surface area contributed by atoms with Crippen LogP contribution in [-0.2, 0) is 0 Å². The van der Waals surface area contributed by atoms with Gasteiger partial charge in [-0.25, -0.2) is 0 Å². The minimum absolute atomic E-state index is 0.188. The minimum Gasteiger partial charge on any atom is -0.506 e. The van der Waals surface area contributed by atoms with E-state index in [9.17, 15) is 5.11 Å². The summed E-state index contributed by atoms with van der Waals surface area (Å²) in [6.45, 7) is 2.88. The molecule has 0 amide bonds. The average molecular weight is 242 g/mol.